The zero-order valence-corrected chi connectivity index (χ0v) is 20.4. The first-order valence-corrected chi connectivity index (χ1v) is 11.9. The molecule has 0 bridgehead atoms. The van der Waals surface area contributed by atoms with Crippen molar-refractivity contribution in [2.45, 2.75) is 27.3 Å². The van der Waals surface area contributed by atoms with Crippen molar-refractivity contribution in [1.29, 1.82) is 0 Å². The average Bonchev–Trinajstić information content (AvgIpc) is 3.47. The van der Waals surface area contributed by atoms with Crippen LogP contribution in [-0.4, -0.2) is 59.0 Å². The summed E-state index contributed by atoms with van der Waals surface area (Å²) in [5.41, 5.74) is 2.52. The van der Waals surface area contributed by atoms with Crippen LogP contribution in [0.5, 0.6) is 11.5 Å². The van der Waals surface area contributed by atoms with E-state index in [0.717, 1.165) is 22.4 Å². The van der Waals surface area contributed by atoms with Crippen LogP contribution in [0.3, 0.4) is 0 Å². The minimum atomic E-state index is -0.430. The molecule has 0 saturated carbocycles. The van der Waals surface area contributed by atoms with Crippen molar-refractivity contribution in [2.24, 2.45) is 0 Å². The van der Waals surface area contributed by atoms with Gasteiger partial charge in [0.1, 0.15) is 6.54 Å². The molecule has 35 heavy (non-hydrogen) atoms. The third-order valence-electron chi connectivity index (χ3n) is 5.60. The van der Waals surface area contributed by atoms with E-state index >= 15 is 0 Å². The minimum Gasteiger partial charge on any atom is -0.462 e. The number of carbonyl (C=O) groups excluding carboxylic acids is 4. The monoisotopic (exact) mass is 499 g/mol. The molecule has 1 aromatic carbocycles. The van der Waals surface area contributed by atoms with Crippen molar-refractivity contribution in [2.75, 3.05) is 26.5 Å². The Balaban J connectivity index is 1.32. The largest absolute Gasteiger partial charge is 0.462 e. The smallest absolute Gasteiger partial charge is 0.339 e. The zero-order valence-electron chi connectivity index (χ0n) is 19.6. The summed E-state index contributed by atoms with van der Waals surface area (Å²) in [7, 11) is 0. The SMILES string of the molecule is CCOC(=O)c1cc(C)n(CC(=O)NCCN2C(=O)S/C(=C\c3ccc4c(c3)OCO4)C2=O)c1C. The quantitative estimate of drug-likeness (QED) is 0.435. The van der Waals surface area contributed by atoms with Gasteiger partial charge in [-0.05, 0) is 62.4 Å². The number of aromatic nitrogens is 1. The van der Waals surface area contributed by atoms with Crippen LogP contribution >= 0.6 is 11.8 Å². The number of carbonyl (C=O) groups is 4. The summed E-state index contributed by atoms with van der Waals surface area (Å²) in [5, 5.41) is 2.33. The molecule has 1 saturated heterocycles. The van der Waals surface area contributed by atoms with Crippen LogP contribution < -0.4 is 14.8 Å². The van der Waals surface area contributed by atoms with Crippen LogP contribution in [0.15, 0.2) is 29.2 Å². The molecule has 2 aliphatic rings. The Kier molecular flexibility index (Phi) is 7.15. The summed E-state index contributed by atoms with van der Waals surface area (Å²) in [6.45, 7) is 5.86. The summed E-state index contributed by atoms with van der Waals surface area (Å²) in [5.74, 6) is 0.0743. The number of amides is 3. The van der Waals surface area contributed by atoms with Crippen molar-refractivity contribution in [3.8, 4) is 11.5 Å². The molecule has 11 heteroatoms. The number of ether oxygens (including phenoxy) is 3. The van der Waals surface area contributed by atoms with Gasteiger partial charge in [0, 0.05) is 24.5 Å². The van der Waals surface area contributed by atoms with Gasteiger partial charge in [-0.15, -0.1) is 0 Å². The standard InChI is InChI=1S/C24H25N3O7S/c1-4-32-23(30)17-9-14(2)27(15(17)3)12-21(28)25-7-8-26-22(29)20(35-24(26)31)11-16-5-6-18-19(10-16)34-13-33-18/h5-6,9-11H,4,7-8,12-13H2,1-3H3,(H,25,28)/b20-11-. The number of imide groups is 1. The fourth-order valence-electron chi connectivity index (χ4n) is 3.81. The van der Waals surface area contributed by atoms with Crippen LogP contribution in [0, 0.1) is 13.8 Å². The van der Waals surface area contributed by atoms with Crippen molar-refractivity contribution in [1.82, 2.24) is 14.8 Å². The Hall–Kier alpha value is -3.73. The van der Waals surface area contributed by atoms with Gasteiger partial charge in [-0.2, -0.15) is 0 Å². The van der Waals surface area contributed by atoms with E-state index in [2.05, 4.69) is 5.32 Å². The minimum absolute atomic E-state index is 0.00296. The fraction of sp³-hybridized carbons (Fsp3) is 0.333. The molecule has 1 N–H and O–H groups in total. The fourth-order valence-corrected chi connectivity index (χ4v) is 4.68. The highest BCUT2D eigenvalue weighted by Crippen LogP contribution is 2.36. The Morgan fingerprint density at radius 2 is 1.94 bits per heavy atom. The van der Waals surface area contributed by atoms with Gasteiger partial charge in [0.15, 0.2) is 11.5 Å². The van der Waals surface area contributed by atoms with Crippen LogP contribution in [0.2, 0.25) is 0 Å². The molecule has 3 amide bonds. The molecule has 1 aromatic heterocycles. The summed E-state index contributed by atoms with van der Waals surface area (Å²) < 4.78 is 17.4. The number of benzene rings is 1. The van der Waals surface area contributed by atoms with Gasteiger partial charge >= 0.3 is 5.97 Å². The summed E-state index contributed by atoms with van der Waals surface area (Å²) in [6.07, 6.45) is 1.63. The van der Waals surface area contributed by atoms with Gasteiger partial charge in [-0.25, -0.2) is 4.79 Å². The maximum atomic E-state index is 12.7. The Bertz CT molecular complexity index is 1230. The average molecular weight is 500 g/mol. The molecular formula is C24H25N3O7S. The van der Waals surface area contributed by atoms with Crippen molar-refractivity contribution < 1.29 is 33.4 Å². The second-order valence-electron chi connectivity index (χ2n) is 7.89. The molecule has 0 spiro atoms. The van der Waals surface area contributed by atoms with Crippen molar-refractivity contribution >= 4 is 40.9 Å². The van der Waals surface area contributed by atoms with Gasteiger partial charge in [0.05, 0.1) is 17.1 Å². The molecule has 0 radical (unpaired) electrons. The first-order chi connectivity index (χ1) is 16.8. The molecule has 184 valence electrons. The van der Waals surface area contributed by atoms with E-state index in [9.17, 15) is 19.2 Å². The number of thioether (sulfide) groups is 1. The Morgan fingerprint density at radius 1 is 1.17 bits per heavy atom. The number of nitrogens with one attached hydrogen (secondary N) is 1. The van der Waals surface area contributed by atoms with Crippen molar-refractivity contribution in [3.63, 3.8) is 0 Å². The molecule has 2 aromatic rings. The lowest BCUT2D eigenvalue weighted by molar-refractivity contribution is -0.124. The first-order valence-electron chi connectivity index (χ1n) is 11.0. The van der Waals surface area contributed by atoms with Gasteiger partial charge in [-0.3, -0.25) is 19.3 Å². The lowest BCUT2D eigenvalue weighted by atomic mass is 10.2. The van der Waals surface area contributed by atoms with E-state index < -0.39 is 17.1 Å². The third kappa shape index (κ3) is 5.19. The Labute approximate surface area is 206 Å². The van der Waals surface area contributed by atoms with E-state index in [4.69, 9.17) is 14.2 Å². The summed E-state index contributed by atoms with van der Waals surface area (Å²) in [4.78, 5) is 51.0. The molecule has 4 rings (SSSR count). The summed E-state index contributed by atoms with van der Waals surface area (Å²) in [6, 6.07) is 6.96. The maximum absolute atomic E-state index is 12.7. The molecule has 3 heterocycles. The topological polar surface area (TPSA) is 116 Å². The highest BCUT2D eigenvalue weighted by atomic mass is 32.2. The molecule has 1 fully saturated rings. The van der Waals surface area contributed by atoms with Crippen LogP contribution in [0.25, 0.3) is 6.08 Å². The molecule has 0 atom stereocenters. The van der Waals surface area contributed by atoms with E-state index in [1.807, 2.05) is 0 Å². The van der Waals surface area contributed by atoms with E-state index in [-0.39, 0.29) is 38.9 Å². The highest BCUT2D eigenvalue weighted by molar-refractivity contribution is 8.18. The molecular weight excluding hydrogens is 474 g/mol. The number of rotatable bonds is 8. The molecule has 0 aliphatic carbocycles. The predicted molar refractivity (Wildman–Crippen MR) is 128 cm³/mol. The number of hydrogen-bond acceptors (Lipinski definition) is 8. The second kappa shape index (κ2) is 10.3. The van der Waals surface area contributed by atoms with E-state index in [1.54, 1.807) is 55.7 Å². The van der Waals surface area contributed by atoms with E-state index in [1.165, 1.54) is 0 Å². The molecule has 2 aliphatic heterocycles. The van der Waals surface area contributed by atoms with Crippen molar-refractivity contribution in [3.05, 3.63) is 51.7 Å². The third-order valence-corrected chi connectivity index (χ3v) is 6.50. The number of hydrogen-bond donors (Lipinski definition) is 1. The van der Waals surface area contributed by atoms with E-state index in [0.29, 0.717) is 33.2 Å². The number of fused-ring (bicyclic) bond motifs is 1. The van der Waals surface area contributed by atoms with Gasteiger partial charge in [0.2, 0.25) is 12.7 Å². The van der Waals surface area contributed by atoms with Crippen LogP contribution in [0.1, 0.15) is 34.2 Å². The Morgan fingerprint density at radius 3 is 2.71 bits per heavy atom. The summed E-state index contributed by atoms with van der Waals surface area (Å²) >= 11 is 0.851. The van der Waals surface area contributed by atoms with Gasteiger partial charge in [0.25, 0.3) is 11.1 Å². The number of aryl methyl sites for hydroxylation is 1. The lowest BCUT2D eigenvalue weighted by Crippen LogP contribution is -2.38. The van der Waals surface area contributed by atoms with Crippen LogP contribution in [-0.2, 0) is 20.9 Å². The highest BCUT2D eigenvalue weighted by Gasteiger charge is 2.34. The zero-order chi connectivity index (χ0) is 25.1. The predicted octanol–water partition coefficient (Wildman–Crippen LogP) is 2.86. The van der Waals surface area contributed by atoms with Crippen LogP contribution in [0.4, 0.5) is 4.79 Å². The number of esters is 1. The maximum Gasteiger partial charge on any atom is 0.339 e. The second-order valence-corrected chi connectivity index (χ2v) is 8.88. The normalized spacial score (nSPS) is 15.7. The first kappa shape index (κ1) is 24.4. The van der Waals surface area contributed by atoms with Gasteiger partial charge in [-0.1, -0.05) is 6.07 Å². The molecule has 10 nitrogen and oxygen atoms in total. The lowest BCUT2D eigenvalue weighted by Gasteiger charge is -2.14. The van der Waals surface area contributed by atoms with Gasteiger partial charge < -0.3 is 24.1 Å². The number of nitrogens with zero attached hydrogens (tertiary/aromatic N) is 2. The molecule has 0 unspecified atom stereocenters.